The van der Waals surface area contributed by atoms with E-state index in [1.165, 1.54) is 5.69 Å². The summed E-state index contributed by atoms with van der Waals surface area (Å²) < 4.78 is 1.65. The molecular weight excluding hydrogens is 388 g/mol. The molecule has 1 aliphatic heterocycles. The molecule has 0 spiro atoms. The fourth-order valence-corrected chi connectivity index (χ4v) is 3.65. The number of piperazine rings is 1. The van der Waals surface area contributed by atoms with E-state index in [9.17, 15) is 4.79 Å². The molecule has 1 N–H and O–H groups in total. The third-order valence-electron chi connectivity index (χ3n) is 5.48. The van der Waals surface area contributed by atoms with Gasteiger partial charge >= 0.3 is 5.69 Å². The number of likely N-dealkylation sites (N-methyl/N-ethyl adjacent to an activating group) is 1. The van der Waals surface area contributed by atoms with E-state index in [4.69, 9.17) is 0 Å². The molecule has 2 aromatic heterocycles. The average Bonchev–Trinajstić information content (AvgIpc) is 2.79. The lowest BCUT2D eigenvalue weighted by Gasteiger charge is -2.34. The molecule has 1 fully saturated rings. The number of benzene rings is 1. The van der Waals surface area contributed by atoms with Crippen LogP contribution in [0, 0.1) is 0 Å². The van der Waals surface area contributed by atoms with Gasteiger partial charge in [0.2, 0.25) is 0 Å². The molecule has 1 aromatic carbocycles. The van der Waals surface area contributed by atoms with Gasteiger partial charge in [0, 0.05) is 67.9 Å². The Balaban J connectivity index is 1.53. The van der Waals surface area contributed by atoms with Gasteiger partial charge in [-0.1, -0.05) is 24.3 Å². The molecule has 0 saturated carbocycles. The van der Waals surface area contributed by atoms with E-state index in [0.717, 1.165) is 42.8 Å². The molecule has 31 heavy (non-hydrogen) atoms. The van der Waals surface area contributed by atoms with Gasteiger partial charge in [0.05, 0.1) is 5.52 Å². The van der Waals surface area contributed by atoms with Gasteiger partial charge in [0.15, 0.2) is 0 Å². The summed E-state index contributed by atoms with van der Waals surface area (Å²) in [5, 5.41) is 4.18. The minimum absolute atomic E-state index is 0.272. The first-order valence-corrected chi connectivity index (χ1v) is 10.6. The molecule has 0 bridgehead atoms. The number of allylic oxidation sites excluding steroid dienone is 4. The van der Waals surface area contributed by atoms with Gasteiger partial charge in [-0.2, -0.15) is 0 Å². The molecule has 0 amide bonds. The highest BCUT2D eigenvalue weighted by Crippen LogP contribution is 2.23. The van der Waals surface area contributed by atoms with Gasteiger partial charge in [-0.3, -0.25) is 4.57 Å². The lowest BCUT2D eigenvalue weighted by atomic mass is 10.2. The second kappa shape index (κ2) is 9.57. The van der Waals surface area contributed by atoms with E-state index in [0.29, 0.717) is 12.4 Å². The van der Waals surface area contributed by atoms with E-state index in [1.807, 2.05) is 37.3 Å². The third-order valence-corrected chi connectivity index (χ3v) is 5.48. The summed E-state index contributed by atoms with van der Waals surface area (Å²) in [4.78, 5) is 25.5. The maximum Gasteiger partial charge on any atom is 0.348 e. The highest BCUT2D eigenvalue weighted by atomic mass is 16.1. The van der Waals surface area contributed by atoms with Crippen molar-refractivity contribution >= 4 is 28.1 Å². The van der Waals surface area contributed by atoms with Crippen LogP contribution in [0.4, 0.5) is 17.2 Å². The van der Waals surface area contributed by atoms with E-state index >= 15 is 0 Å². The molecule has 3 heterocycles. The number of nitrogens with one attached hydrogen (secondary N) is 1. The van der Waals surface area contributed by atoms with Crippen molar-refractivity contribution in [3.8, 4) is 0 Å². The first-order valence-electron chi connectivity index (χ1n) is 10.6. The molecule has 1 aliphatic rings. The summed E-state index contributed by atoms with van der Waals surface area (Å²) >= 11 is 0. The van der Waals surface area contributed by atoms with Crippen molar-refractivity contribution in [2.45, 2.75) is 13.5 Å². The van der Waals surface area contributed by atoms with Crippen molar-refractivity contribution < 1.29 is 0 Å². The number of nitrogens with zero attached hydrogens (tertiary/aromatic N) is 5. The highest BCUT2D eigenvalue weighted by Gasteiger charge is 2.14. The number of anilines is 3. The van der Waals surface area contributed by atoms with Crippen molar-refractivity contribution in [2.75, 3.05) is 43.4 Å². The maximum atomic E-state index is 12.3. The zero-order chi connectivity index (χ0) is 21.6. The highest BCUT2D eigenvalue weighted by molar-refractivity contribution is 5.80. The fraction of sp³-hybridized carbons (Fsp3) is 0.292. The minimum Gasteiger partial charge on any atom is -0.369 e. The topological polar surface area (TPSA) is 66.3 Å². The summed E-state index contributed by atoms with van der Waals surface area (Å²) in [6.07, 6.45) is 11.1. The van der Waals surface area contributed by atoms with Crippen LogP contribution in [0.15, 0.2) is 71.8 Å². The standard InChI is InChI=1S/C24H28N6O/c1-3-4-5-6-11-30-22-16-23(25-17-19(22)18-26-24(30)31)27-20-7-9-21(10-8-20)29-14-12-28(2)13-15-29/h3-10,16-18H,11-15H2,1-2H3,(H,25,27). The van der Waals surface area contributed by atoms with Crippen LogP contribution < -0.4 is 15.9 Å². The first kappa shape index (κ1) is 20.8. The Bertz CT molecular complexity index is 1140. The van der Waals surface area contributed by atoms with Gasteiger partial charge in [-0.25, -0.2) is 14.8 Å². The van der Waals surface area contributed by atoms with E-state index < -0.39 is 0 Å². The van der Waals surface area contributed by atoms with E-state index in [1.54, 1.807) is 17.0 Å². The number of hydrogen-bond acceptors (Lipinski definition) is 6. The number of hydrogen-bond donors (Lipinski definition) is 1. The number of fused-ring (bicyclic) bond motifs is 1. The van der Waals surface area contributed by atoms with Crippen LogP contribution in [-0.2, 0) is 6.54 Å². The predicted molar refractivity (Wildman–Crippen MR) is 127 cm³/mol. The molecule has 0 aliphatic carbocycles. The van der Waals surface area contributed by atoms with Gasteiger partial charge in [-0.15, -0.1) is 0 Å². The molecule has 1 saturated heterocycles. The van der Waals surface area contributed by atoms with Crippen molar-refractivity contribution in [3.63, 3.8) is 0 Å². The fourth-order valence-electron chi connectivity index (χ4n) is 3.65. The Morgan fingerprint density at radius 1 is 1.03 bits per heavy atom. The molecular formula is C24H28N6O. The molecule has 4 rings (SSSR count). The first-order chi connectivity index (χ1) is 15.1. The second-order valence-electron chi connectivity index (χ2n) is 7.70. The predicted octanol–water partition coefficient (Wildman–Crippen LogP) is 3.42. The van der Waals surface area contributed by atoms with Crippen LogP contribution in [0.3, 0.4) is 0 Å². The Kier molecular flexibility index (Phi) is 6.43. The Labute approximate surface area is 182 Å². The molecule has 0 unspecified atom stereocenters. The maximum absolute atomic E-state index is 12.3. The number of rotatable bonds is 6. The van der Waals surface area contributed by atoms with Crippen LogP contribution in [0.2, 0.25) is 0 Å². The van der Waals surface area contributed by atoms with Crippen molar-refractivity contribution in [1.29, 1.82) is 0 Å². The lowest BCUT2D eigenvalue weighted by molar-refractivity contribution is 0.313. The second-order valence-corrected chi connectivity index (χ2v) is 7.70. The Morgan fingerprint density at radius 3 is 2.52 bits per heavy atom. The molecule has 7 nitrogen and oxygen atoms in total. The van der Waals surface area contributed by atoms with E-state index in [-0.39, 0.29) is 5.69 Å². The monoisotopic (exact) mass is 416 g/mol. The Morgan fingerprint density at radius 2 is 1.77 bits per heavy atom. The third kappa shape index (κ3) is 5.00. The van der Waals surface area contributed by atoms with Crippen molar-refractivity contribution in [3.05, 3.63) is 77.5 Å². The molecule has 160 valence electrons. The zero-order valence-electron chi connectivity index (χ0n) is 18.0. The summed E-state index contributed by atoms with van der Waals surface area (Å²) in [6, 6.07) is 10.3. The van der Waals surface area contributed by atoms with Crippen LogP contribution in [0.25, 0.3) is 10.9 Å². The summed E-state index contributed by atoms with van der Waals surface area (Å²) in [6.45, 7) is 6.67. The van der Waals surface area contributed by atoms with Gasteiger partial charge < -0.3 is 15.1 Å². The van der Waals surface area contributed by atoms with Crippen LogP contribution >= 0.6 is 0 Å². The largest absolute Gasteiger partial charge is 0.369 e. The normalized spacial score (nSPS) is 15.4. The Hall–Kier alpha value is -3.45. The van der Waals surface area contributed by atoms with Gasteiger partial charge in [0.1, 0.15) is 5.82 Å². The van der Waals surface area contributed by atoms with Gasteiger partial charge in [-0.05, 0) is 38.2 Å². The molecule has 7 heteroatoms. The summed E-state index contributed by atoms with van der Waals surface area (Å²) in [5.41, 5.74) is 2.72. The molecule has 3 aromatic rings. The van der Waals surface area contributed by atoms with Crippen LogP contribution in [-0.4, -0.2) is 52.7 Å². The quantitative estimate of drug-likeness (QED) is 0.621. The van der Waals surface area contributed by atoms with Gasteiger partial charge in [0.25, 0.3) is 0 Å². The number of pyridine rings is 1. The zero-order valence-corrected chi connectivity index (χ0v) is 18.0. The lowest BCUT2D eigenvalue weighted by Crippen LogP contribution is -2.44. The summed E-state index contributed by atoms with van der Waals surface area (Å²) in [5.74, 6) is 0.691. The van der Waals surface area contributed by atoms with Crippen LogP contribution in [0.5, 0.6) is 0 Å². The smallest absolute Gasteiger partial charge is 0.348 e. The SMILES string of the molecule is CC=CC=CCn1c(=O)ncc2cnc(Nc3ccc(N4CCN(C)CC4)cc3)cc21. The molecule has 0 atom stereocenters. The molecule has 0 radical (unpaired) electrons. The van der Waals surface area contributed by atoms with Crippen molar-refractivity contribution in [1.82, 2.24) is 19.4 Å². The van der Waals surface area contributed by atoms with Crippen LogP contribution in [0.1, 0.15) is 6.92 Å². The number of aromatic nitrogens is 3. The van der Waals surface area contributed by atoms with Crippen molar-refractivity contribution in [2.24, 2.45) is 0 Å². The summed E-state index contributed by atoms with van der Waals surface area (Å²) in [7, 11) is 2.16. The van der Waals surface area contributed by atoms with E-state index in [2.05, 4.69) is 56.4 Å². The minimum atomic E-state index is -0.272. The average molecular weight is 417 g/mol.